The maximum absolute atomic E-state index is 4.35. The standard InChI is InChI=1S/C15H17N3/c1-2-17-14-6-4-11-9-12(3-5-13(11)14)15-10-16-7-8-18-15/h3,5,7-10,14,17H,2,4,6H2,1H3. The van der Waals surface area contributed by atoms with Crippen LogP contribution < -0.4 is 5.32 Å². The molecular weight excluding hydrogens is 222 g/mol. The highest BCUT2D eigenvalue weighted by atomic mass is 14.9. The van der Waals surface area contributed by atoms with Gasteiger partial charge >= 0.3 is 0 Å². The predicted molar refractivity (Wildman–Crippen MR) is 72.2 cm³/mol. The van der Waals surface area contributed by atoms with E-state index in [0.29, 0.717) is 6.04 Å². The molecule has 0 amide bonds. The molecule has 0 fully saturated rings. The Morgan fingerprint density at radius 3 is 3.06 bits per heavy atom. The zero-order valence-corrected chi connectivity index (χ0v) is 10.6. The number of aromatic nitrogens is 2. The van der Waals surface area contributed by atoms with Gasteiger partial charge in [-0.05, 0) is 36.6 Å². The van der Waals surface area contributed by atoms with E-state index in [1.54, 1.807) is 12.4 Å². The van der Waals surface area contributed by atoms with Crippen LogP contribution in [0.2, 0.25) is 0 Å². The Hall–Kier alpha value is -1.74. The minimum Gasteiger partial charge on any atom is -0.310 e. The lowest BCUT2D eigenvalue weighted by atomic mass is 10.0. The van der Waals surface area contributed by atoms with E-state index >= 15 is 0 Å². The van der Waals surface area contributed by atoms with Crippen molar-refractivity contribution in [1.29, 1.82) is 0 Å². The second-order valence-electron chi connectivity index (χ2n) is 4.65. The molecule has 1 atom stereocenters. The number of hydrogen-bond donors (Lipinski definition) is 1. The molecule has 0 aliphatic heterocycles. The molecule has 3 rings (SSSR count). The number of hydrogen-bond acceptors (Lipinski definition) is 3. The second kappa shape index (κ2) is 4.86. The Morgan fingerprint density at radius 1 is 1.33 bits per heavy atom. The fourth-order valence-corrected chi connectivity index (χ4v) is 2.68. The zero-order chi connectivity index (χ0) is 12.4. The largest absolute Gasteiger partial charge is 0.310 e. The molecule has 3 heteroatoms. The van der Waals surface area contributed by atoms with Crippen LogP contribution in [0.15, 0.2) is 36.8 Å². The summed E-state index contributed by atoms with van der Waals surface area (Å²) in [6.07, 6.45) is 7.62. The Kier molecular flexibility index (Phi) is 3.07. The number of nitrogens with zero attached hydrogens (tertiary/aromatic N) is 2. The summed E-state index contributed by atoms with van der Waals surface area (Å²) in [6, 6.07) is 7.18. The average molecular weight is 239 g/mol. The molecule has 2 aromatic rings. The van der Waals surface area contributed by atoms with Crippen molar-refractivity contribution < 1.29 is 0 Å². The van der Waals surface area contributed by atoms with E-state index in [1.165, 1.54) is 23.1 Å². The van der Waals surface area contributed by atoms with Crippen LogP contribution in [-0.4, -0.2) is 16.5 Å². The van der Waals surface area contributed by atoms with Crippen molar-refractivity contribution in [3.05, 3.63) is 47.9 Å². The minimum absolute atomic E-state index is 0.529. The Labute approximate surface area is 107 Å². The summed E-state index contributed by atoms with van der Waals surface area (Å²) in [4.78, 5) is 8.48. The Bertz CT molecular complexity index is 537. The van der Waals surface area contributed by atoms with Crippen molar-refractivity contribution in [2.24, 2.45) is 0 Å². The summed E-state index contributed by atoms with van der Waals surface area (Å²) < 4.78 is 0. The van der Waals surface area contributed by atoms with Crippen LogP contribution in [0.1, 0.15) is 30.5 Å². The number of fused-ring (bicyclic) bond motifs is 1. The third kappa shape index (κ3) is 2.02. The van der Waals surface area contributed by atoms with Crippen molar-refractivity contribution in [3.63, 3.8) is 0 Å². The molecule has 0 bridgehead atoms. The molecule has 1 N–H and O–H groups in total. The molecule has 92 valence electrons. The van der Waals surface area contributed by atoms with E-state index in [2.05, 4.69) is 40.4 Å². The molecule has 1 aliphatic carbocycles. The van der Waals surface area contributed by atoms with Gasteiger partial charge in [0.25, 0.3) is 0 Å². The zero-order valence-electron chi connectivity index (χ0n) is 10.6. The highest BCUT2D eigenvalue weighted by molar-refractivity contribution is 5.60. The highest BCUT2D eigenvalue weighted by Gasteiger charge is 2.21. The summed E-state index contributed by atoms with van der Waals surface area (Å²) in [5.74, 6) is 0. The normalized spacial score (nSPS) is 17.7. The third-order valence-electron chi connectivity index (χ3n) is 3.53. The number of aryl methyl sites for hydroxylation is 1. The summed E-state index contributed by atoms with van der Waals surface area (Å²) in [5, 5.41) is 3.53. The summed E-state index contributed by atoms with van der Waals surface area (Å²) in [5.41, 5.74) is 5.01. The second-order valence-corrected chi connectivity index (χ2v) is 4.65. The number of rotatable bonds is 3. The van der Waals surface area contributed by atoms with Crippen LogP contribution in [-0.2, 0) is 6.42 Å². The molecule has 3 nitrogen and oxygen atoms in total. The van der Waals surface area contributed by atoms with Crippen LogP contribution in [0.3, 0.4) is 0 Å². The van der Waals surface area contributed by atoms with E-state index in [0.717, 1.165) is 18.7 Å². The van der Waals surface area contributed by atoms with Gasteiger partial charge in [-0.25, -0.2) is 0 Å². The van der Waals surface area contributed by atoms with Crippen molar-refractivity contribution in [1.82, 2.24) is 15.3 Å². The van der Waals surface area contributed by atoms with Crippen LogP contribution in [0.5, 0.6) is 0 Å². The number of benzene rings is 1. The van der Waals surface area contributed by atoms with E-state index in [-0.39, 0.29) is 0 Å². The lowest BCUT2D eigenvalue weighted by Crippen LogP contribution is -2.18. The van der Waals surface area contributed by atoms with Gasteiger partial charge < -0.3 is 5.32 Å². The van der Waals surface area contributed by atoms with E-state index < -0.39 is 0 Å². The first kappa shape index (κ1) is 11.4. The molecule has 1 aromatic heterocycles. The van der Waals surface area contributed by atoms with E-state index in [1.807, 2.05) is 6.20 Å². The molecule has 1 aromatic carbocycles. The van der Waals surface area contributed by atoms with Gasteiger partial charge in [0.2, 0.25) is 0 Å². The fraction of sp³-hybridized carbons (Fsp3) is 0.333. The first-order chi connectivity index (χ1) is 8.88. The lowest BCUT2D eigenvalue weighted by molar-refractivity contribution is 0.549. The predicted octanol–water partition coefficient (Wildman–Crippen LogP) is 2.74. The summed E-state index contributed by atoms with van der Waals surface area (Å²) in [7, 11) is 0. The fourth-order valence-electron chi connectivity index (χ4n) is 2.68. The molecule has 18 heavy (non-hydrogen) atoms. The molecule has 0 radical (unpaired) electrons. The maximum Gasteiger partial charge on any atom is 0.0885 e. The lowest BCUT2D eigenvalue weighted by Gasteiger charge is -2.12. The smallest absolute Gasteiger partial charge is 0.0885 e. The van der Waals surface area contributed by atoms with Gasteiger partial charge in [-0.3, -0.25) is 9.97 Å². The van der Waals surface area contributed by atoms with Crippen molar-refractivity contribution in [2.45, 2.75) is 25.8 Å². The molecular formula is C15H17N3. The van der Waals surface area contributed by atoms with Crippen LogP contribution >= 0.6 is 0 Å². The monoisotopic (exact) mass is 239 g/mol. The quantitative estimate of drug-likeness (QED) is 0.895. The van der Waals surface area contributed by atoms with Crippen LogP contribution in [0.4, 0.5) is 0 Å². The van der Waals surface area contributed by atoms with E-state index in [4.69, 9.17) is 0 Å². The molecule has 1 aliphatic rings. The van der Waals surface area contributed by atoms with Crippen molar-refractivity contribution in [3.8, 4) is 11.3 Å². The maximum atomic E-state index is 4.35. The van der Waals surface area contributed by atoms with Crippen LogP contribution in [0.25, 0.3) is 11.3 Å². The van der Waals surface area contributed by atoms with Gasteiger partial charge in [0.15, 0.2) is 0 Å². The summed E-state index contributed by atoms with van der Waals surface area (Å²) in [6.45, 7) is 3.18. The SMILES string of the molecule is CCNC1CCc2cc(-c3cnccn3)ccc21. The van der Waals surface area contributed by atoms with Crippen molar-refractivity contribution >= 4 is 0 Å². The van der Waals surface area contributed by atoms with Gasteiger partial charge in [0, 0.05) is 24.0 Å². The topological polar surface area (TPSA) is 37.8 Å². The molecule has 0 saturated carbocycles. The van der Waals surface area contributed by atoms with Gasteiger partial charge in [-0.1, -0.05) is 19.1 Å². The van der Waals surface area contributed by atoms with Crippen LogP contribution in [0, 0.1) is 0 Å². The molecule has 0 spiro atoms. The molecule has 0 saturated heterocycles. The molecule has 1 unspecified atom stereocenters. The Morgan fingerprint density at radius 2 is 2.28 bits per heavy atom. The van der Waals surface area contributed by atoms with Gasteiger partial charge in [-0.15, -0.1) is 0 Å². The Balaban J connectivity index is 1.94. The third-order valence-corrected chi connectivity index (χ3v) is 3.53. The van der Waals surface area contributed by atoms with Gasteiger partial charge in [0.1, 0.15) is 0 Å². The first-order valence-corrected chi connectivity index (χ1v) is 6.51. The van der Waals surface area contributed by atoms with Gasteiger partial charge in [0.05, 0.1) is 11.9 Å². The number of nitrogens with one attached hydrogen (secondary N) is 1. The average Bonchev–Trinajstić information content (AvgIpc) is 2.83. The molecule has 1 heterocycles. The van der Waals surface area contributed by atoms with Crippen molar-refractivity contribution in [2.75, 3.05) is 6.54 Å². The summed E-state index contributed by atoms with van der Waals surface area (Å²) >= 11 is 0. The minimum atomic E-state index is 0.529. The first-order valence-electron chi connectivity index (χ1n) is 6.51. The van der Waals surface area contributed by atoms with Gasteiger partial charge in [-0.2, -0.15) is 0 Å². The highest BCUT2D eigenvalue weighted by Crippen LogP contribution is 2.33. The van der Waals surface area contributed by atoms with E-state index in [9.17, 15) is 0 Å².